The van der Waals surface area contributed by atoms with Crippen molar-refractivity contribution in [1.29, 1.82) is 0 Å². The molecule has 0 saturated carbocycles. The third-order valence-electron chi connectivity index (χ3n) is 3.41. The summed E-state index contributed by atoms with van der Waals surface area (Å²) in [5.74, 6) is 1.30. The van der Waals surface area contributed by atoms with E-state index in [2.05, 4.69) is 44.8 Å². The first kappa shape index (κ1) is 15.3. The Morgan fingerprint density at radius 2 is 2.11 bits per heavy atom. The molecule has 1 N–H and O–H groups in total. The van der Waals surface area contributed by atoms with Gasteiger partial charge in [-0.3, -0.25) is 0 Å². The Kier molecular flexibility index (Phi) is 5.32. The van der Waals surface area contributed by atoms with E-state index in [9.17, 15) is 0 Å². The number of aromatic nitrogens is 1. The summed E-state index contributed by atoms with van der Waals surface area (Å²) in [6.45, 7) is 11.0. The highest BCUT2D eigenvalue weighted by atomic mass is 32.2. The topological polar surface area (TPSA) is 24.9 Å². The van der Waals surface area contributed by atoms with Gasteiger partial charge in [0, 0.05) is 16.8 Å². The molecule has 0 spiro atoms. The Labute approximate surface area is 125 Å². The second kappa shape index (κ2) is 6.59. The fourth-order valence-corrected chi connectivity index (χ4v) is 5.18. The van der Waals surface area contributed by atoms with Crippen LogP contribution in [-0.4, -0.2) is 17.3 Å². The SMILES string of the molecule is CCNCc1sc(C2CCCCS2)nc1C(C)(C)C. The molecular weight excluding hydrogens is 272 g/mol. The molecule has 4 heteroatoms. The summed E-state index contributed by atoms with van der Waals surface area (Å²) < 4.78 is 0. The van der Waals surface area contributed by atoms with Crippen molar-refractivity contribution >= 4 is 23.1 Å². The molecule has 1 saturated heterocycles. The second-order valence-corrected chi connectivity index (χ2v) is 8.64. The van der Waals surface area contributed by atoms with E-state index in [4.69, 9.17) is 4.98 Å². The number of rotatable bonds is 4. The minimum atomic E-state index is 0.152. The molecule has 0 amide bonds. The van der Waals surface area contributed by atoms with Gasteiger partial charge in [-0.2, -0.15) is 11.8 Å². The number of hydrogen-bond donors (Lipinski definition) is 1. The highest BCUT2D eigenvalue weighted by molar-refractivity contribution is 7.99. The Morgan fingerprint density at radius 1 is 1.32 bits per heavy atom. The van der Waals surface area contributed by atoms with Crippen molar-refractivity contribution in [1.82, 2.24) is 10.3 Å². The van der Waals surface area contributed by atoms with E-state index in [1.807, 2.05) is 11.3 Å². The molecule has 2 nitrogen and oxygen atoms in total. The first-order valence-electron chi connectivity index (χ1n) is 7.34. The Bertz CT molecular complexity index is 401. The monoisotopic (exact) mass is 298 g/mol. The van der Waals surface area contributed by atoms with Gasteiger partial charge in [0.25, 0.3) is 0 Å². The van der Waals surface area contributed by atoms with Crippen molar-refractivity contribution in [2.75, 3.05) is 12.3 Å². The predicted molar refractivity (Wildman–Crippen MR) is 87.2 cm³/mol. The number of thiazole rings is 1. The molecule has 0 aliphatic carbocycles. The van der Waals surface area contributed by atoms with Gasteiger partial charge in [0.15, 0.2) is 0 Å². The summed E-state index contributed by atoms with van der Waals surface area (Å²) in [6, 6.07) is 0. The largest absolute Gasteiger partial charge is 0.312 e. The van der Waals surface area contributed by atoms with Gasteiger partial charge in [-0.15, -0.1) is 11.3 Å². The van der Waals surface area contributed by atoms with Gasteiger partial charge in [0.2, 0.25) is 0 Å². The molecule has 19 heavy (non-hydrogen) atoms. The highest BCUT2D eigenvalue weighted by Gasteiger charge is 2.26. The molecular formula is C15H26N2S2. The molecule has 1 atom stereocenters. The fraction of sp³-hybridized carbons (Fsp3) is 0.800. The molecule has 2 heterocycles. The van der Waals surface area contributed by atoms with E-state index in [0.717, 1.165) is 13.1 Å². The van der Waals surface area contributed by atoms with E-state index in [-0.39, 0.29) is 5.41 Å². The normalized spacial score (nSPS) is 20.7. The molecule has 1 aliphatic heterocycles. The van der Waals surface area contributed by atoms with Crippen LogP contribution in [-0.2, 0) is 12.0 Å². The maximum atomic E-state index is 5.02. The van der Waals surface area contributed by atoms with Crippen LogP contribution in [0, 0.1) is 0 Å². The first-order chi connectivity index (χ1) is 9.02. The molecule has 1 aromatic heterocycles. The van der Waals surface area contributed by atoms with Crippen molar-refractivity contribution in [3.05, 3.63) is 15.6 Å². The fourth-order valence-electron chi connectivity index (χ4n) is 2.39. The van der Waals surface area contributed by atoms with Gasteiger partial charge in [-0.25, -0.2) is 4.98 Å². The van der Waals surface area contributed by atoms with Crippen molar-refractivity contribution < 1.29 is 0 Å². The van der Waals surface area contributed by atoms with Gasteiger partial charge >= 0.3 is 0 Å². The average molecular weight is 299 g/mol. The quantitative estimate of drug-likeness (QED) is 0.885. The van der Waals surface area contributed by atoms with Gasteiger partial charge in [-0.05, 0) is 25.1 Å². The summed E-state index contributed by atoms with van der Waals surface area (Å²) in [5, 5.41) is 5.47. The standard InChI is InChI=1S/C15H26N2S2/c1-5-16-10-12-13(15(2,3)4)17-14(19-12)11-8-6-7-9-18-11/h11,16H,5-10H2,1-4H3. The number of thioether (sulfide) groups is 1. The van der Waals surface area contributed by atoms with Crippen LogP contribution in [0.1, 0.15) is 67.8 Å². The summed E-state index contributed by atoms with van der Waals surface area (Å²) >= 11 is 4.04. The minimum Gasteiger partial charge on any atom is -0.312 e. The summed E-state index contributed by atoms with van der Waals surface area (Å²) in [6.07, 6.45) is 4.05. The van der Waals surface area contributed by atoms with E-state index < -0.39 is 0 Å². The molecule has 1 aromatic rings. The number of nitrogens with zero attached hydrogens (tertiary/aromatic N) is 1. The lowest BCUT2D eigenvalue weighted by Gasteiger charge is -2.19. The van der Waals surface area contributed by atoms with Gasteiger partial charge < -0.3 is 5.32 Å². The summed E-state index contributed by atoms with van der Waals surface area (Å²) in [7, 11) is 0. The van der Waals surface area contributed by atoms with Crippen LogP contribution in [0.4, 0.5) is 0 Å². The third-order valence-corrected chi connectivity index (χ3v) is 6.12. The van der Waals surface area contributed by atoms with Crippen LogP contribution in [0.3, 0.4) is 0 Å². The molecule has 1 unspecified atom stereocenters. The Hall–Kier alpha value is -0.0600. The van der Waals surface area contributed by atoms with Crippen molar-refractivity contribution in [2.24, 2.45) is 0 Å². The van der Waals surface area contributed by atoms with Crippen LogP contribution < -0.4 is 5.32 Å². The molecule has 0 radical (unpaired) electrons. The second-order valence-electron chi connectivity index (χ2n) is 6.21. The van der Waals surface area contributed by atoms with E-state index in [0.29, 0.717) is 5.25 Å². The lowest BCUT2D eigenvalue weighted by Crippen LogP contribution is -2.18. The highest BCUT2D eigenvalue weighted by Crippen LogP contribution is 2.42. The van der Waals surface area contributed by atoms with Crippen LogP contribution in [0.5, 0.6) is 0 Å². The molecule has 108 valence electrons. The zero-order chi connectivity index (χ0) is 13.9. The van der Waals surface area contributed by atoms with E-state index in [1.54, 1.807) is 0 Å². The maximum absolute atomic E-state index is 5.02. The third kappa shape index (κ3) is 3.96. The molecule has 0 bridgehead atoms. The lowest BCUT2D eigenvalue weighted by atomic mass is 9.91. The molecule has 0 aromatic carbocycles. The van der Waals surface area contributed by atoms with E-state index in [1.165, 1.54) is 40.6 Å². The van der Waals surface area contributed by atoms with Gasteiger partial charge in [-0.1, -0.05) is 34.1 Å². The van der Waals surface area contributed by atoms with Crippen LogP contribution in [0.15, 0.2) is 0 Å². The van der Waals surface area contributed by atoms with Gasteiger partial charge in [0.1, 0.15) is 5.01 Å². The molecule has 1 fully saturated rings. The number of nitrogens with one attached hydrogen (secondary N) is 1. The molecule has 2 rings (SSSR count). The molecule has 1 aliphatic rings. The van der Waals surface area contributed by atoms with Crippen molar-refractivity contribution in [2.45, 2.75) is 64.2 Å². The Morgan fingerprint density at radius 3 is 2.68 bits per heavy atom. The lowest BCUT2D eigenvalue weighted by molar-refractivity contribution is 0.557. The van der Waals surface area contributed by atoms with Crippen LogP contribution in [0.25, 0.3) is 0 Å². The zero-order valence-corrected chi connectivity index (χ0v) is 14.2. The summed E-state index contributed by atoms with van der Waals surface area (Å²) in [5.41, 5.74) is 1.46. The zero-order valence-electron chi connectivity index (χ0n) is 12.6. The summed E-state index contributed by atoms with van der Waals surface area (Å²) in [4.78, 5) is 6.46. The minimum absolute atomic E-state index is 0.152. The van der Waals surface area contributed by atoms with Crippen molar-refractivity contribution in [3.63, 3.8) is 0 Å². The smallest absolute Gasteiger partial charge is 0.106 e. The average Bonchev–Trinajstić information content (AvgIpc) is 2.81. The first-order valence-corrected chi connectivity index (χ1v) is 9.21. The predicted octanol–water partition coefficient (Wildman–Crippen LogP) is 4.51. The van der Waals surface area contributed by atoms with Crippen LogP contribution >= 0.6 is 23.1 Å². The van der Waals surface area contributed by atoms with Gasteiger partial charge in [0.05, 0.1) is 10.9 Å². The Balaban J connectivity index is 2.22. The van der Waals surface area contributed by atoms with Crippen molar-refractivity contribution in [3.8, 4) is 0 Å². The van der Waals surface area contributed by atoms with E-state index >= 15 is 0 Å². The number of hydrogen-bond acceptors (Lipinski definition) is 4. The van der Waals surface area contributed by atoms with Crippen LogP contribution in [0.2, 0.25) is 0 Å². The maximum Gasteiger partial charge on any atom is 0.106 e.